The minimum Gasteiger partial charge on any atom is 2.00 e. The molecule has 0 N–H and O–H groups in total. The van der Waals surface area contributed by atoms with Crippen LogP contribution in [0.25, 0.3) is 0 Å². The van der Waals surface area contributed by atoms with Crippen LogP contribution in [0, 0.1) is 0 Å². The number of hydrogen-bond donors (Lipinski definition) is 0. The summed E-state index contributed by atoms with van der Waals surface area (Å²) in [5.74, 6) is 0. The van der Waals surface area contributed by atoms with Gasteiger partial charge < -0.3 is 0 Å². The van der Waals surface area contributed by atoms with Crippen molar-refractivity contribution in [3.05, 3.63) is 0 Å². The van der Waals surface area contributed by atoms with Crippen LogP contribution in [0.3, 0.4) is 0 Å². The van der Waals surface area contributed by atoms with Crippen molar-refractivity contribution in [3.8, 4) is 0 Å². The van der Waals surface area contributed by atoms with Gasteiger partial charge in [-0.05, 0) is 0 Å². The summed E-state index contributed by atoms with van der Waals surface area (Å²) in [6.07, 6.45) is 0. The van der Waals surface area contributed by atoms with E-state index in [-0.39, 0.29) is 1660 Å². The monoisotopic (exact) mass is 1760 g/mol. The van der Waals surface area contributed by atoms with Crippen molar-refractivity contribution in [3.63, 3.8) is 0 Å². The van der Waals surface area contributed by atoms with Crippen LogP contribution in [0.2, 0.25) is 0 Å². The smallest absolute Gasteiger partial charge is 2.00 e. The molecule has 0 aliphatic carbocycles. The van der Waals surface area contributed by atoms with Crippen molar-refractivity contribution in [2.45, 2.75) is 0 Å². The zero-order valence-electron chi connectivity index (χ0n) is 31.1. The van der Waals surface area contributed by atoms with Crippen molar-refractivity contribution >= 4 is 1660 Å². The fourth-order valence-electron chi connectivity index (χ4n) is 0. The van der Waals surface area contributed by atoms with Gasteiger partial charge in [0.25, 0.3) is 0 Å². The van der Waals surface area contributed by atoms with Gasteiger partial charge in [-0.2, -0.15) is 0 Å². The molecule has 0 bridgehead atoms. The first-order valence-corrected chi connectivity index (χ1v) is 0. The molecule has 0 aromatic heterocycles. The molecule has 0 spiro atoms. The Labute approximate surface area is 1590 Å². The summed E-state index contributed by atoms with van der Waals surface area (Å²) >= 11 is 0. The molecule has 0 radical (unpaired) electrons. The SMILES string of the molecule is [Ca+2].[Ca+2].[Ca+2].[Ca+2].[Ca+2].[Ca+2].[Ca+2].[Ca+2].[Ca+2].[Ca+2].[Ca+2].[Ca+2].[Ca+2].[Ca+2].[Ca+2].[Ca+2].[Ca+2].[Ca+2].[Ca+2].[Ca+2].[Ca+2].[Ca+2].[Ca+2].[Ca+2].[Ca+2].[Ca+2].[Ca+2].[Ca+2].[Ca+2].[Ca+2].[Ca+2].[Ca+2].[Ca+2].[Ca+2].[Ca+2].[Ca+2].[Ca+2].[Ca+2].[Ca+2].[Ca+2].[Ca+2].[Ca+2].[Ca+2].[Ca+2]. The summed E-state index contributed by atoms with van der Waals surface area (Å²) in [7, 11) is 0. The van der Waals surface area contributed by atoms with E-state index in [1.165, 1.54) is 0 Å². The molecule has 0 atom stereocenters. The van der Waals surface area contributed by atoms with E-state index in [1.54, 1.807) is 0 Å². The third kappa shape index (κ3) is 295. The van der Waals surface area contributed by atoms with Crippen molar-refractivity contribution < 1.29 is 0 Å². The first-order chi connectivity index (χ1) is 0. The van der Waals surface area contributed by atoms with Crippen LogP contribution in [0.15, 0.2) is 0 Å². The predicted molar refractivity (Wildman–Crippen MR) is 253 cm³/mol. The van der Waals surface area contributed by atoms with Crippen LogP contribution in [-0.2, 0) is 0 Å². The Hall–Kier alpha value is 55.4. The molecule has 0 aliphatic rings. The minimum atomic E-state index is 0. The van der Waals surface area contributed by atoms with Crippen LogP contribution in [0.1, 0.15) is 0 Å². The average Bonchev–Trinajstić information content (AvgIpc) is 0. The Morgan fingerprint density at radius 1 is 0.0227 bits per heavy atom. The Kier molecular flexibility index (Phi) is 2170. The Bertz CT molecular complexity index is 0. The Morgan fingerprint density at radius 3 is 0.0227 bits per heavy atom. The molecule has 44 heteroatoms. The van der Waals surface area contributed by atoms with Crippen molar-refractivity contribution in [1.82, 2.24) is 0 Å². The summed E-state index contributed by atoms with van der Waals surface area (Å²) in [5.41, 5.74) is 0. The zero-order valence-corrected chi connectivity index (χ0v) is 128. The van der Waals surface area contributed by atoms with E-state index < -0.39 is 0 Å². The second kappa shape index (κ2) is 304. The molecule has 0 aliphatic heterocycles. The molecule has 0 unspecified atom stereocenters. The standard InChI is InChI=1S/44Ca/q44*+2. The normalized spacial score (nSPS) is 0. The van der Waals surface area contributed by atoms with E-state index in [2.05, 4.69) is 0 Å². The summed E-state index contributed by atoms with van der Waals surface area (Å²) in [5, 5.41) is 0. The van der Waals surface area contributed by atoms with Gasteiger partial charge in [0.15, 0.2) is 0 Å². The van der Waals surface area contributed by atoms with Crippen molar-refractivity contribution in [1.29, 1.82) is 0 Å². The third-order valence-electron chi connectivity index (χ3n) is 0. The van der Waals surface area contributed by atoms with Crippen LogP contribution < -0.4 is 0 Å². The summed E-state index contributed by atoms with van der Waals surface area (Å²) in [4.78, 5) is 0. The maximum atomic E-state index is 0. The van der Waals surface area contributed by atoms with Gasteiger partial charge in [0.05, 0.1) is 0 Å². The molecule has 0 aromatic rings. The van der Waals surface area contributed by atoms with E-state index in [9.17, 15) is 0 Å². The first kappa shape index (κ1) is 314. The molecule has 0 valence electrons. The molecule has 0 amide bonds. The molecular formula is Ca44+88. The van der Waals surface area contributed by atoms with Gasteiger partial charge in [-0.25, -0.2) is 0 Å². The fourth-order valence-corrected chi connectivity index (χ4v) is 0. The van der Waals surface area contributed by atoms with Crippen LogP contribution in [0.5, 0.6) is 0 Å². The van der Waals surface area contributed by atoms with E-state index in [0.29, 0.717) is 0 Å². The topological polar surface area (TPSA) is 0 Å². The molecular weight excluding hydrogens is 1760 g/mol. The molecule has 0 fully saturated rings. The van der Waals surface area contributed by atoms with Crippen LogP contribution in [-0.4, -0.2) is 1660 Å². The minimum absolute atomic E-state index is 0. The van der Waals surface area contributed by atoms with Gasteiger partial charge >= 0.3 is 1660 Å². The molecule has 44 heavy (non-hydrogen) atoms. The average molecular weight is 1760 g/mol. The summed E-state index contributed by atoms with van der Waals surface area (Å²) in [6.45, 7) is 0. The molecule has 0 rings (SSSR count). The van der Waals surface area contributed by atoms with E-state index in [0.717, 1.165) is 0 Å². The molecule has 0 saturated carbocycles. The van der Waals surface area contributed by atoms with Gasteiger partial charge in [0, 0.05) is 0 Å². The molecule has 0 saturated heterocycles. The van der Waals surface area contributed by atoms with Gasteiger partial charge in [-0.1, -0.05) is 0 Å². The molecule has 0 aromatic carbocycles. The van der Waals surface area contributed by atoms with E-state index in [1.807, 2.05) is 0 Å². The van der Waals surface area contributed by atoms with E-state index >= 15 is 0 Å². The van der Waals surface area contributed by atoms with Crippen molar-refractivity contribution in [2.75, 3.05) is 0 Å². The van der Waals surface area contributed by atoms with Crippen LogP contribution >= 0.6 is 0 Å². The van der Waals surface area contributed by atoms with Gasteiger partial charge in [-0.3, -0.25) is 0 Å². The second-order valence-electron chi connectivity index (χ2n) is 0. The van der Waals surface area contributed by atoms with Gasteiger partial charge in [0.2, 0.25) is 0 Å². The van der Waals surface area contributed by atoms with Gasteiger partial charge in [0.1, 0.15) is 0 Å². The zero-order chi connectivity index (χ0) is 0. The Morgan fingerprint density at radius 2 is 0.0227 bits per heavy atom. The maximum absolute atomic E-state index is 0. The first-order valence-electron chi connectivity index (χ1n) is 0. The second-order valence-corrected chi connectivity index (χ2v) is 0. The molecule has 0 nitrogen and oxygen atoms in total. The predicted octanol–water partition coefficient (Wildman–Crippen LogP) is -16.8. The van der Waals surface area contributed by atoms with Crippen LogP contribution in [0.4, 0.5) is 0 Å². The Balaban J connectivity index is 0. The quantitative estimate of drug-likeness (QED) is 0.212. The fraction of sp³-hybridized carbons (Fsp3) is 0. The maximum Gasteiger partial charge on any atom is 2.00 e. The third-order valence-corrected chi connectivity index (χ3v) is 0. The number of hydrogen-bond acceptors (Lipinski definition) is 0. The van der Waals surface area contributed by atoms with E-state index in [4.69, 9.17) is 0 Å². The molecule has 0 heterocycles. The largest absolute Gasteiger partial charge is 2.00 e. The van der Waals surface area contributed by atoms with Crippen molar-refractivity contribution in [2.24, 2.45) is 0 Å². The van der Waals surface area contributed by atoms with Gasteiger partial charge in [-0.15, -0.1) is 0 Å². The summed E-state index contributed by atoms with van der Waals surface area (Å²) < 4.78 is 0. The summed E-state index contributed by atoms with van der Waals surface area (Å²) in [6, 6.07) is 0. The number of rotatable bonds is 0.